The minimum atomic E-state index is 0.188. The lowest BCUT2D eigenvalue weighted by atomic mass is 9.79. The average Bonchev–Trinajstić information content (AvgIpc) is 2.53. The summed E-state index contributed by atoms with van der Waals surface area (Å²) in [5.41, 5.74) is 5.14. The van der Waals surface area contributed by atoms with Gasteiger partial charge in [-0.1, -0.05) is 28.9 Å². The summed E-state index contributed by atoms with van der Waals surface area (Å²) in [6, 6.07) is 15.3. The van der Waals surface area contributed by atoms with E-state index in [1.807, 2.05) is 30.5 Å². The van der Waals surface area contributed by atoms with Gasteiger partial charge in [0.15, 0.2) is 0 Å². The summed E-state index contributed by atoms with van der Waals surface area (Å²) in [4.78, 5) is 7.18. The maximum Gasteiger partial charge on any atom is 0.0630 e. The van der Waals surface area contributed by atoms with Gasteiger partial charge in [0.2, 0.25) is 0 Å². The molecule has 3 heteroatoms. The number of fused-ring (bicyclic) bond motifs is 1. The predicted molar refractivity (Wildman–Crippen MR) is 113 cm³/mol. The first kappa shape index (κ1) is 18.2. The molecule has 2 aromatic rings. The van der Waals surface area contributed by atoms with E-state index in [9.17, 15) is 0 Å². The molecule has 0 spiro atoms. The van der Waals surface area contributed by atoms with E-state index in [1.165, 1.54) is 17.7 Å². The third-order valence-corrected chi connectivity index (χ3v) is 5.53. The summed E-state index contributed by atoms with van der Waals surface area (Å²) < 4.78 is 1.07. The molecule has 1 aliphatic heterocycles. The molecule has 132 valence electrons. The fraction of sp³-hybridized carbons (Fsp3) is 0.409. The summed E-state index contributed by atoms with van der Waals surface area (Å²) in [6.45, 7) is 11.6. The van der Waals surface area contributed by atoms with Crippen LogP contribution in [0.15, 0.2) is 51.9 Å². The van der Waals surface area contributed by atoms with E-state index in [1.54, 1.807) is 0 Å². The molecule has 1 aliphatic rings. The number of halogens is 1. The van der Waals surface area contributed by atoms with Crippen molar-refractivity contribution in [2.45, 2.75) is 58.5 Å². The van der Waals surface area contributed by atoms with Crippen molar-refractivity contribution in [3.05, 3.63) is 58.1 Å². The van der Waals surface area contributed by atoms with E-state index >= 15 is 0 Å². The molecule has 0 radical (unpaired) electrons. The molecule has 1 atom stereocenters. The highest BCUT2D eigenvalue weighted by molar-refractivity contribution is 9.10. The molecule has 25 heavy (non-hydrogen) atoms. The van der Waals surface area contributed by atoms with Crippen LogP contribution in [-0.2, 0) is 0 Å². The second-order valence-corrected chi connectivity index (χ2v) is 8.85. The van der Waals surface area contributed by atoms with Crippen molar-refractivity contribution >= 4 is 33.5 Å². The zero-order valence-electron chi connectivity index (χ0n) is 15.8. The Hall–Kier alpha value is -1.61. The Labute approximate surface area is 160 Å². The zero-order chi connectivity index (χ0) is 18.2. The van der Waals surface area contributed by atoms with Gasteiger partial charge < -0.3 is 4.90 Å². The maximum atomic E-state index is 4.61. The maximum absolute atomic E-state index is 4.61. The van der Waals surface area contributed by atoms with Crippen molar-refractivity contribution in [1.29, 1.82) is 0 Å². The van der Waals surface area contributed by atoms with Gasteiger partial charge in [0.25, 0.3) is 0 Å². The van der Waals surface area contributed by atoms with Gasteiger partial charge in [-0.3, -0.25) is 4.99 Å². The lowest BCUT2D eigenvalue weighted by Gasteiger charge is -2.50. The van der Waals surface area contributed by atoms with Crippen LogP contribution in [0.2, 0.25) is 0 Å². The van der Waals surface area contributed by atoms with Crippen molar-refractivity contribution in [3.63, 3.8) is 0 Å². The Kier molecular flexibility index (Phi) is 5.06. The molecule has 0 saturated carbocycles. The minimum Gasteiger partial charge on any atom is -0.364 e. The van der Waals surface area contributed by atoms with Crippen LogP contribution in [0, 0.1) is 0 Å². The monoisotopic (exact) mass is 398 g/mol. The first-order valence-corrected chi connectivity index (χ1v) is 9.80. The molecule has 2 nitrogen and oxygen atoms in total. The Morgan fingerprint density at radius 3 is 2.48 bits per heavy atom. The SMILES string of the molecule is CC(C)N1c2ccc(C=Nc3ccc(Br)cc3)cc2[C@H](C)CC1(C)C. The van der Waals surface area contributed by atoms with Crippen molar-refractivity contribution < 1.29 is 0 Å². The summed E-state index contributed by atoms with van der Waals surface area (Å²) in [7, 11) is 0. The van der Waals surface area contributed by atoms with Crippen LogP contribution in [0.5, 0.6) is 0 Å². The highest BCUT2D eigenvalue weighted by atomic mass is 79.9. The number of rotatable bonds is 3. The molecule has 0 N–H and O–H groups in total. The average molecular weight is 399 g/mol. The van der Waals surface area contributed by atoms with Crippen molar-refractivity contribution in [2.75, 3.05) is 4.90 Å². The van der Waals surface area contributed by atoms with Crippen LogP contribution >= 0.6 is 15.9 Å². The predicted octanol–water partition coefficient (Wildman–Crippen LogP) is 6.70. The smallest absolute Gasteiger partial charge is 0.0630 e. The fourth-order valence-corrected chi connectivity index (χ4v) is 4.47. The number of hydrogen-bond donors (Lipinski definition) is 0. The van der Waals surface area contributed by atoms with Gasteiger partial charge in [0.05, 0.1) is 5.69 Å². The first-order chi connectivity index (χ1) is 11.8. The van der Waals surface area contributed by atoms with E-state index in [-0.39, 0.29) is 5.54 Å². The first-order valence-electron chi connectivity index (χ1n) is 9.01. The Morgan fingerprint density at radius 1 is 1.16 bits per heavy atom. The van der Waals surface area contributed by atoms with Crippen molar-refractivity contribution in [3.8, 4) is 0 Å². The molecule has 0 fully saturated rings. The standard InChI is InChI=1S/C22H27BrN2/c1-15(2)25-21-11-6-17(12-20(21)16(3)13-22(25,4)5)14-24-19-9-7-18(23)8-10-19/h6-12,14-16H,13H2,1-5H3/t16-/m1/s1. The van der Waals surface area contributed by atoms with Crippen LogP contribution in [-0.4, -0.2) is 17.8 Å². The molecular formula is C22H27BrN2. The third-order valence-electron chi connectivity index (χ3n) is 5.01. The molecular weight excluding hydrogens is 372 g/mol. The second-order valence-electron chi connectivity index (χ2n) is 7.93. The number of anilines is 1. The Morgan fingerprint density at radius 2 is 1.84 bits per heavy atom. The van der Waals surface area contributed by atoms with E-state index in [4.69, 9.17) is 0 Å². The van der Waals surface area contributed by atoms with E-state index in [0.717, 1.165) is 15.7 Å². The van der Waals surface area contributed by atoms with Gasteiger partial charge in [-0.25, -0.2) is 0 Å². The van der Waals surface area contributed by atoms with Crippen LogP contribution in [0.4, 0.5) is 11.4 Å². The van der Waals surface area contributed by atoms with E-state index < -0.39 is 0 Å². The molecule has 3 rings (SSSR count). The number of hydrogen-bond acceptors (Lipinski definition) is 2. The van der Waals surface area contributed by atoms with Gasteiger partial charge in [0.1, 0.15) is 0 Å². The molecule has 0 amide bonds. The highest BCUT2D eigenvalue weighted by Gasteiger charge is 2.37. The molecule has 0 aromatic heterocycles. The van der Waals surface area contributed by atoms with Gasteiger partial charge in [-0.15, -0.1) is 0 Å². The van der Waals surface area contributed by atoms with Crippen LogP contribution in [0.3, 0.4) is 0 Å². The summed E-state index contributed by atoms with van der Waals surface area (Å²) in [5.74, 6) is 0.557. The van der Waals surface area contributed by atoms with Crippen molar-refractivity contribution in [1.82, 2.24) is 0 Å². The number of benzene rings is 2. The lowest BCUT2D eigenvalue weighted by Crippen LogP contribution is -2.51. The second kappa shape index (κ2) is 6.95. The van der Waals surface area contributed by atoms with E-state index in [2.05, 4.69) is 78.6 Å². The van der Waals surface area contributed by atoms with E-state index in [0.29, 0.717) is 12.0 Å². The molecule has 0 bridgehead atoms. The van der Waals surface area contributed by atoms with Gasteiger partial charge >= 0.3 is 0 Å². The molecule has 0 unspecified atom stereocenters. The Bertz CT molecular complexity index is 775. The van der Waals surface area contributed by atoms with Gasteiger partial charge in [-0.2, -0.15) is 0 Å². The fourth-order valence-electron chi connectivity index (χ4n) is 4.20. The molecule has 2 aromatic carbocycles. The quantitative estimate of drug-likeness (QED) is 0.525. The summed E-state index contributed by atoms with van der Waals surface area (Å²) >= 11 is 3.46. The highest BCUT2D eigenvalue weighted by Crippen LogP contribution is 2.44. The molecule has 0 saturated heterocycles. The molecule has 1 heterocycles. The Balaban J connectivity index is 1.93. The zero-order valence-corrected chi connectivity index (χ0v) is 17.3. The normalized spacial score (nSPS) is 19.5. The number of nitrogens with zero attached hydrogens (tertiary/aromatic N) is 2. The van der Waals surface area contributed by atoms with Gasteiger partial charge in [-0.05, 0) is 87.6 Å². The van der Waals surface area contributed by atoms with Crippen LogP contribution < -0.4 is 4.90 Å². The largest absolute Gasteiger partial charge is 0.364 e. The van der Waals surface area contributed by atoms with Crippen LogP contribution in [0.25, 0.3) is 0 Å². The number of aliphatic imine (C=N–C) groups is 1. The third kappa shape index (κ3) is 3.82. The summed E-state index contributed by atoms with van der Waals surface area (Å²) in [5, 5.41) is 0. The molecule has 0 aliphatic carbocycles. The van der Waals surface area contributed by atoms with Crippen molar-refractivity contribution in [2.24, 2.45) is 4.99 Å². The topological polar surface area (TPSA) is 15.6 Å². The lowest BCUT2D eigenvalue weighted by molar-refractivity contribution is 0.356. The minimum absolute atomic E-state index is 0.188. The van der Waals surface area contributed by atoms with Gasteiger partial charge in [0, 0.05) is 28.0 Å². The summed E-state index contributed by atoms with van der Waals surface area (Å²) in [6.07, 6.45) is 3.14. The van der Waals surface area contributed by atoms with Crippen LogP contribution in [0.1, 0.15) is 58.1 Å².